The quantitative estimate of drug-likeness (QED) is 0.148. The zero-order chi connectivity index (χ0) is 26.1. The molecular formula is C21H26N6O8. The second-order valence-electron chi connectivity index (χ2n) is 7.67. The maximum absolute atomic E-state index is 12.9. The van der Waals surface area contributed by atoms with E-state index >= 15 is 0 Å². The maximum atomic E-state index is 12.9. The first-order valence-electron chi connectivity index (χ1n) is 10.4. The van der Waals surface area contributed by atoms with Crippen molar-refractivity contribution in [3.8, 4) is 0 Å². The van der Waals surface area contributed by atoms with Gasteiger partial charge in [-0.15, -0.1) is 0 Å². The van der Waals surface area contributed by atoms with E-state index in [9.17, 15) is 28.8 Å². The van der Waals surface area contributed by atoms with Crippen molar-refractivity contribution in [2.45, 2.75) is 37.4 Å². The number of primary amides is 1. The van der Waals surface area contributed by atoms with Gasteiger partial charge in [-0.1, -0.05) is 18.2 Å². The molecule has 0 radical (unpaired) electrons. The van der Waals surface area contributed by atoms with Crippen LogP contribution in [0.15, 0.2) is 30.5 Å². The third kappa shape index (κ3) is 8.12. The van der Waals surface area contributed by atoms with Crippen molar-refractivity contribution < 1.29 is 39.0 Å². The zero-order valence-corrected chi connectivity index (χ0v) is 18.4. The second-order valence-corrected chi connectivity index (χ2v) is 7.67. The monoisotopic (exact) mass is 490 g/mol. The van der Waals surface area contributed by atoms with Crippen LogP contribution in [0.5, 0.6) is 0 Å². The third-order valence-corrected chi connectivity index (χ3v) is 4.92. The number of para-hydroxylation sites is 1. The summed E-state index contributed by atoms with van der Waals surface area (Å²) in [6.07, 6.45) is 0.162. The van der Waals surface area contributed by atoms with E-state index in [1.54, 1.807) is 30.5 Å². The summed E-state index contributed by atoms with van der Waals surface area (Å²) >= 11 is 0. The molecule has 0 aliphatic rings. The Labute approximate surface area is 198 Å². The van der Waals surface area contributed by atoms with Crippen molar-refractivity contribution >= 4 is 46.5 Å². The molecule has 0 saturated heterocycles. The predicted molar refractivity (Wildman–Crippen MR) is 121 cm³/mol. The molecule has 10 N–H and O–H groups in total. The Morgan fingerprint density at radius 1 is 0.886 bits per heavy atom. The van der Waals surface area contributed by atoms with Gasteiger partial charge < -0.3 is 42.6 Å². The number of carbonyl (C=O) groups excluding carboxylic acids is 4. The number of rotatable bonds is 13. The average Bonchev–Trinajstić information content (AvgIpc) is 3.18. The minimum atomic E-state index is -1.64. The summed E-state index contributed by atoms with van der Waals surface area (Å²) in [6, 6.07) is 2.77. The number of aromatic amines is 1. The van der Waals surface area contributed by atoms with Crippen LogP contribution in [0.1, 0.15) is 18.4 Å². The fraction of sp³-hybridized carbons (Fsp3) is 0.333. The first-order valence-corrected chi connectivity index (χ1v) is 10.4. The highest BCUT2D eigenvalue weighted by Crippen LogP contribution is 2.19. The lowest BCUT2D eigenvalue weighted by atomic mass is 10.0. The molecule has 1 aromatic carbocycles. The van der Waals surface area contributed by atoms with Gasteiger partial charge in [-0.05, 0) is 11.6 Å². The molecular weight excluding hydrogens is 464 g/mol. The van der Waals surface area contributed by atoms with Crippen molar-refractivity contribution in [2.75, 3.05) is 6.54 Å². The molecule has 188 valence electrons. The topological polar surface area (TPSA) is 247 Å². The molecule has 3 atom stereocenters. The Morgan fingerprint density at radius 3 is 2.17 bits per heavy atom. The van der Waals surface area contributed by atoms with E-state index in [0.29, 0.717) is 5.56 Å². The molecule has 1 heterocycles. The number of carbonyl (C=O) groups is 6. The Kier molecular flexibility index (Phi) is 9.28. The zero-order valence-electron chi connectivity index (χ0n) is 18.4. The SMILES string of the molecule is NC(=O)CC(N)C(=O)NC(CC(=O)O)C(=O)NC(Cc1c[nH]c2ccccc12)C(=O)NCC(=O)O. The van der Waals surface area contributed by atoms with Crippen LogP contribution in [0.25, 0.3) is 10.9 Å². The van der Waals surface area contributed by atoms with Crippen LogP contribution in [0.4, 0.5) is 0 Å². The summed E-state index contributed by atoms with van der Waals surface area (Å²) in [6.45, 7) is -0.712. The van der Waals surface area contributed by atoms with Gasteiger partial charge >= 0.3 is 11.9 Å². The molecule has 14 heteroatoms. The van der Waals surface area contributed by atoms with Gasteiger partial charge in [0, 0.05) is 23.5 Å². The molecule has 1 aromatic heterocycles. The third-order valence-electron chi connectivity index (χ3n) is 4.92. The normalized spacial score (nSPS) is 13.3. The lowest BCUT2D eigenvalue weighted by molar-refractivity contribution is -0.141. The van der Waals surface area contributed by atoms with Gasteiger partial charge in [0.05, 0.1) is 18.9 Å². The fourth-order valence-corrected chi connectivity index (χ4v) is 3.26. The molecule has 0 bridgehead atoms. The number of nitrogens with one attached hydrogen (secondary N) is 4. The molecule has 2 aromatic rings. The summed E-state index contributed by atoms with van der Waals surface area (Å²) < 4.78 is 0. The molecule has 0 aliphatic heterocycles. The number of fused-ring (bicyclic) bond motifs is 1. The summed E-state index contributed by atoms with van der Waals surface area (Å²) in [7, 11) is 0. The van der Waals surface area contributed by atoms with Gasteiger partial charge in [0.15, 0.2) is 0 Å². The Morgan fingerprint density at radius 2 is 1.54 bits per heavy atom. The smallest absolute Gasteiger partial charge is 0.322 e. The molecule has 0 saturated carbocycles. The number of hydrogen-bond acceptors (Lipinski definition) is 7. The second kappa shape index (κ2) is 12.1. The highest BCUT2D eigenvalue weighted by Gasteiger charge is 2.30. The van der Waals surface area contributed by atoms with Crippen LogP contribution >= 0.6 is 0 Å². The van der Waals surface area contributed by atoms with Crippen molar-refractivity contribution in [1.29, 1.82) is 0 Å². The number of carboxylic acid groups (broad SMARTS) is 2. The highest BCUT2D eigenvalue weighted by atomic mass is 16.4. The molecule has 3 unspecified atom stereocenters. The lowest BCUT2D eigenvalue weighted by Crippen LogP contribution is -2.57. The number of hydrogen-bond donors (Lipinski definition) is 8. The van der Waals surface area contributed by atoms with E-state index in [0.717, 1.165) is 10.9 Å². The van der Waals surface area contributed by atoms with E-state index in [1.807, 2.05) is 0 Å². The summed E-state index contributed by atoms with van der Waals surface area (Å²) in [4.78, 5) is 73.9. The molecule has 35 heavy (non-hydrogen) atoms. The Bertz CT molecular complexity index is 1130. The largest absolute Gasteiger partial charge is 0.481 e. The van der Waals surface area contributed by atoms with Gasteiger partial charge in [-0.25, -0.2) is 0 Å². The number of amides is 4. The summed E-state index contributed by atoms with van der Waals surface area (Å²) in [5, 5.41) is 25.4. The van der Waals surface area contributed by atoms with Crippen LogP contribution in [-0.2, 0) is 35.2 Å². The summed E-state index contributed by atoms with van der Waals surface area (Å²) in [5.41, 5.74) is 11.9. The van der Waals surface area contributed by atoms with Crippen molar-refractivity contribution in [1.82, 2.24) is 20.9 Å². The van der Waals surface area contributed by atoms with Gasteiger partial charge in [0.25, 0.3) is 0 Å². The first kappa shape index (κ1) is 26.8. The van der Waals surface area contributed by atoms with Crippen molar-refractivity contribution in [2.24, 2.45) is 11.5 Å². The van der Waals surface area contributed by atoms with E-state index in [2.05, 4.69) is 20.9 Å². The predicted octanol–water partition coefficient (Wildman–Crippen LogP) is -2.44. The maximum Gasteiger partial charge on any atom is 0.322 e. The van der Waals surface area contributed by atoms with E-state index in [-0.39, 0.29) is 6.42 Å². The van der Waals surface area contributed by atoms with Crippen molar-refractivity contribution in [3.63, 3.8) is 0 Å². The molecule has 0 fully saturated rings. The van der Waals surface area contributed by atoms with Gasteiger partial charge in [-0.2, -0.15) is 0 Å². The number of H-pyrrole nitrogens is 1. The van der Waals surface area contributed by atoms with Gasteiger partial charge in [0.1, 0.15) is 18.6 Å². The van der Waals surface area contributed by atoms with Crippen LogP contribution in [0.2, 0.25) is 0 Å². The first-order chi connectivity index (χ1) is 16.5. The number of aromatic nitrogens is 1. The molecule has 2 rings (SSSR count). The minimum Gasteiger partial charge on any atom is -0.481 e. The number of carboxylic acids is 2. The number of benzene rings is 1. The van der Waals surface area contributed by atoms with Gasteiger partial charge in [0.2, 0.25) is 23.6 Å². The lowest BCUT2D eigenvalue weighted by Gasteiger charge is -2.23. The van der Waals surface area contributed by atoms with Crippen LogP contribution in [0.3, 0.4) is 0 Å². The van der Waals surface area contributed by atoms with Gasteiger partial charge in [-0.3, -0.25) is 28.8 Å². The van der Waals surface area contributed by atoms with E-state index in [4.69, 9.17) is 21.7 Å². The van der Waals surface area contributed by atoms with Crippen LogP contribution in [-0.4, -0.2) is 75.4 Å². The Balaban J connectivity index is 2.24. The standard InChI is InChI=1S/C21H26N6O8/c22-12(6-16(23)28)19(33)26-15(7-17(29)30)21(35)27-14(20(34)25-9-18(31)32)5-10-8-24-13-4-2-1-3-11(10)13/h1-4,8,12,14-15,24H,5-7,9,22H2,(H2,23,28)(H,25,34)(H,26,33)(H,27,35)(H,29,30)(H,31,32). The highest BCUT2D eigenvalue weighted by molar-refractivity contribution is 5.96. The molecule has 0 spiro atoms. The van der Waals surface area contributed by atoms with E-state index in [1.165, 1.54) is 0 Å². The Hall–Kier alpha value is -4.46. The molecule has 4 amide bonds. The fourth-order valence-electron chi connectivity index (χ4n) is 3.26. The molecule has 0 aliphatic carbocycles. The van der Waals surface area contributed by atoms with Crippen molar-refractivity contribution in [3.05, 3.63) is 36.0 Å². The minimum absolute atomic E-state index is 0.0733. The van der Waals surface area contributed by atoms with Crippen LogP contribution < -0.4 is 27.4 Å². The molecule has 14 nitrogen and oxygen atoms in total. The van der Waals surface area contributed by atoms with E-state index < -0.39 is 73.1 Å². The average molecular weight is 490 g/mol. The number of nitrogens with two attached hydrogens (primary N) is 2. The van der Waals surface area contributed by atoms with Crippen LogP contribution in [0, 0.1) is 0 Å². The summed E-state index contributed by atoms with van der Waals surface area (Å²) in [5.74, 6) is -6.47. The number of aliphatic carboxylic acids is 2.